The Morgan fingerprint density at radius 1 is 1.25 bits per heavy atom. The molecule has 1 unspecified atom stereocenters. The molecule has 0 radical (unpaired) electrons. The standard InChI is InChI=1S/C17H15Cl2NO4/c1-10(24-14-4-2-3-12(18)16(14)19)17(21)20-8-11-5-6-13-15(7-11)23-9-22-13/h2-7,10H,8-9H2,1H3,(H,20,21). The normalized spacial score (nSPS) is 13.5. The molecule has 0 saturated carbocycles. The minimum absolute atomic E-state index is 0.219. The van der Waals surface area contributed by atoms with Gasteiger partial charge in [0, 0.05) is 6.54 Å². The van der Waals surface area contributed by atoms with Crippen LogP contribution >= 0.6 is 23.2 Å². The lowest BCUT2D eigenvalue weighted by Gasteiger charge is -2.16. The molecule has 0 aliphatic carbocycles. The quantitative estimate of drug-likeness (QED) is 0.872. The molecular formula is C17H15Cl2NO4. The molecule has 0 bridgehead atoms. The maximum absolute atomic E-state index is 12.2. The average Bonchev–Trinajstić information content (AvgIpc) is 3.04. The lowest BCUT2D eigenvalue weighted by Crippen LogP contribution is -2.35. The van der Waals surface area contributed by atoms with E-state index in [9.17, 15) is 4.79 Å². The first-order chi connectivity index (χ1) is 11.5. The monoisotopic (exact) mass is 367 g/mol. The zero-order chi connectivity index (χ0) is 17.1. The van der Waals surface area contributed by atoms with E-state index in [1.807, 2.05) is 18.2 Å². The second-order valence-electron chi connectivity index (χ2n) is 5.22. The molecule has 1 aliphatic rings. The van der Waals surface area contributed by atoms with Crippen molar-refractivity contribution < 1.29 is 19.0 Å². The van der Waals surface area contributed by atoms with E-state index in [4.69, 9.17) is 37.4 Å². The number of hydrogen-bond acceptors (Lipinski definition) is 4. The summed E-state index contributed by atoms with van der Waals surface area (Å²) in [6.07, 6.45) is -0.713. The number of benzene rings is 2. The minimum atomic E-state index is -0.713. The Balaban J connectivity index is 1.57. The lowest BCUT2D eigenvalue weighted by atomic mass is 10.2. The summed E-state index contributed by atoms with van der Waals surface area (Å²) in [5, 5.41) is 3.47. The van der Waals surface area contributed by atoms with Crippen LogP contribution in [0.5, 0.6) is 17.2 Å². The highest BCUT2D eigenvalue weighted by Gasteiger charge is 2.18. The van der Waals surface area contributed by atoms with Crippen LogP contribution in [0.15, 0.2) is 36.4 Å². The van der Waals surface area contributed by atoms with Crippen LogP contribution in [0.3, 0.4) is 0 Å². The molecule has 2 aromatic rings. The predicted molar refractivity (Wildman–Crippen MR) is 91.0 cm³/mol. The number of carbonyl (C=O) groups is 1. The Kier molecular flexibility index (Phi) is 5.02. The van der Waals surface area contributed by atoms with Gasteiger partial charge in [0.25, 0.3) is 5.91 Å². The number of amides is 1. The zero-order valence-corrected chi connectivity index (χ0v) is 14.4. The van der Waals surface area contributed by atoms with Crippen LogP contribution in [0.2, 0.25) is 10.0 Å². The Morgan fingerprint density at radius 3 is 2.88 bits per heavy atom. The van der Waals surface area contributed by atoms with Gasteiger partial charge in [-0.3, -0.25) is 4.79 Å². The van der Waals surface area contributed by atoms with Crippen LogP contribution in [0.25, 0.3) is 0 Å². The highest BCUT2D eigenvalue weighted by molar-refractivity contribution is 6.42. The van der Waals surface area contributed by atoms with Crippen LogP contribution in [-0.4, -0.2) is 18.8 Å². The van der Waals surface area contributed by atoms with Gasteiger partial charge in [-0.1, -0.05) is 35.3 Å². The average molecular weight is 368 g/mol. The molecule has 3 rings (SSSR count). The van der Waals surface area contributed by atoms with E-state index < -0.39 is 6.10 Å². The molecule has 1 N–H and O–H groups in total. The summed E-state index contributed by atoms with van der Waals surface area (Å²) in [6, 6.07) is 10.5. The summed E-state index contributed by atoms with van der Waals surface area (Å²) in [7, 11) is 0. The van der Waals surface area contributed by atoms with Crippen LogP contribution in [0.4, 0.5) is 0 Å². The van der Waals surface area contributed by atoms with Gasteiger partial charge in [-0.15, -0.1) is 0 Å². The molecule has 2 aromatic carbocycles. The molecule has 0 saturated heterocycles. The van der Waals surface area contributed by atoms with Crippen LogP contribution < -0.4 is 19.5 Å². The summed E-state index contributed by atoms with van der Waals surface area (Å²) >= 11 is 12.0. The Morgan fingerprint density at radius 2 is 2.04 bits per heavy atom. The first-order valence-corrected chi connectivity index (χ1v) is 8.07. The first-order valence-electron chi connectivity index (χ1n) is 7.31. The van der Waals surface area contributed by atoms with E-state index >= 15 is 0 Å². The van der Waals surface area contributed by atoms with E-state index in [1.54, 1.807) is 25.1 Å². The number of hydrogen-bond donors (Lipinski definition) is 1. The van der Waals surface area contributed by atoms with E-state index in [0.717, 1.165) is 5.56 Å². The molecule has 1 heterocycles. The van der Waals surface area contributed by atoms with Gasteiger partial charge >= 0.3 is 0 Å². The fraction of sp³-hybridized carbons (Fsp3) is 0.235. The molecule has 0 aromatic heterocycles. The van der Waals surface area contributed by atoms with Crippen molar-refractivity contribution in [3.8, 4) is 17.2 Å². The summed E-state index contributed by atoms with van der Waals surface area (Å²) in [5.74, 6) is 1.49. The molecule has 7 heteroatoms. The maximum Gasteiger partial charge on any atom is 0.261 e. The van der Waals surface area contributed by atoms with Crippen molar-refractivity contribution in [2.24, 2.45) is 0 Å². The molecular weight excluding hydrogens is 353 g/mol. The van der Waals surface area contributed by atoms with E-state index in [1.165, 1.54) is 0 Å². The Hall–Kier alpha value is -2.11. The molecule has 24 heavy (non-hydrogen) atoms. The highest BCUT2D eigenvalue weighted by atomic mass is 35.5. The van der Waals surface area contributed by atoms with Gasteiger partial charge in [0.1, 0.15) is 10.8 Å². The van der Waals surface area contributed by atoms with E-state index in [2.05, 4.69) is 5.32 Å². The number of fused-ring (bicyclic) bond motifs is 1. The summed E-state index contributed by atoms with van der Waals surface area (Å²) in [5.41, 5.74) is 0.903. The second kappa shape index (κ2) is 7.20. The number of rotatable bonds is 5. The molecule has 1 aliphatic heterocycles. The van der Waals surface area contributed by atoms with Crippen LogP contribution in [0, 0.1) is 0 Å². The van der Waals surface area contributed by atoms with Crippen molar-refractivity contribution in [2.75, 3.05) is 6.79 Å². The fourth-order valence-corrected chi connectivity index (χ4v) is 2.54. The fourth-order valence-electron chi connectivity index (χ4n) is 2.20. The molecule has 5 nitrogen and oxygen atoms in total. The van der Waals surface area contributed by atoms with Crippen molar-refractivity contribution in [1.82, 2.24) is 5.32 Å². The van der Waals surface area contributed by atoms with E-state index in [-0.39, 0.29) is 17.7 Å². The molecule has 0 fully saturated rings. The van der Waals surface area contributed by atoms with Gasteiger partial charge in [-0.05, 0) is 36.8 Å². The van der Waals surface area contributed by atoms with Gasteiger partial charge in [0.2, 0.25) is 6.79 Å². The SMILES string of the molecule is CC(Oc1cccc(Cl)c1Cl)C(=O)NCc1ccc2c(c1)OCO2. The molecule has 1 amide bonds. The minimum Gasteiger partial charge on any atom is -0.479 e. The number of carbonyl (C=O) groups excluding carboxylic acids is 1. The molecule has 0 spiro atoms. The van der Waals surface area contributed by atoms with Crippen molar-refractivity contribution in [3.63, 3.8) is 0 Å². The van der Waals surface area contributed by atoms with Crippen molar-refractivity contribution in [2.45, 2.75) is 19.6 Å². The Bertz CT molecular complexity index is 766. The van der Waals surface area contributed by atoms with Gasteiger partial charge in [0.15, 0.2) is 17.6 Å². The van der Waals surface area contributed by atoms with Gasteiger partial charge < -0.3 is 19.5 Å². The third-order valence-corrected chi connectivity index (χ3v) is 4.29. The van der Waals surface area contributed by atoms with Crippen molar-refractivity contribution >= 4 is 29.1 Å². The van der Waals surface area contributed by atoms with Crippen LogP contribution in [0.1, 0.15) is 12.5 Å². The summed E-state index contributed by atoms with van der Waals surface area (Å²) in [6.45, 7) is 2.22. The largest absolute Gasteiger partial charge is 0.479 e. The smallest absolute Gasteiger partial charge is 0.261 e. The van der Waals surface area contributed by atoms with Gasteiger partial charge in [-0.2, -0.15) is 0 Å². The summed E-state index contributed by atoms with van der Waals surface area (Å²) < 4.78 is 16.1. The highest BCUT2D eigenvalue weighted by Crippen LogP contribution is 2.33. The van der Waals surface area contributed by atoms with Gasteiger partial charge in [-0.25, -0.2) is 0 Å². The van der Waals surface area contributed by atoms with E-state index in [0.29, 0.717) is 28.8 Å². The van der Waals surface area contributed by atoms with Crippen molar-refractivity contribution in [1.29, 1.82) is 0 Å². The molecule has 1 atom stereocenters. The predicted octanol–water partition coefficient (Wildman–Crippen LogP) is 3.81. The lowest BCUT2D eigenvalue weighted by molar-refractivity contribution is -0.127. The zero-order valence-electron chi connectivity index (χ0n) is 12.8. The third-order valence-electron chi connectivity index (χ3n) is 3.49. The van der Waals surface area contributed by atoms with Gasteiger partial charge in [0.05, 0.1) is 5.02 Å². The third kappa shape index (κ3) is 3.68. The maximum atomic E-state index is 12.2. The topological polar surface area (TPSA) is 56.8 Å². The number of halogens is 2. The first kappa shape index (κ1) is 16.7. The number of nitrogens with one attached hydrogen (secondary N) is 1. The number of ether oxygens (including phenoxy) is 3. The second-order valence-corrected chi connectivity index (χ2v) is 6.00. The molecule has 126 valence electrons. The Labute approximate surface area is 149 Å². The van der Waals surface area contributed by atoms with Crippen LogP contribution in [-0.2, 0) is 11.3 Å². The summed E-state index contributed by atoms with van der Waals surface area (Å²) in [4.78, 5) is 12.2. The van der Waals surface area contributed by atoms with Crippen molar-refractivity contribution in [3.05, 3.63) is 52.0 Å².